The number of Topliss-reactive ketones (excluding diaryl/α,β-unsaturated/α-hetero) is 1. The first-order valence-electron chi connectivity index (χ1n) is 6.42. The van der Waals surface area contributed by atoms with Crippen LogP contribution in [-0.4, -0.2) is 35.4 Å². The third kappa shape index (κ3) is 3.29. The summed E-state index contributed by atoms with van der Waals surface area (Å²) in [6.07, 6.45) is 2.94. The fourth-order valence-electron chi connectivity index (χ4n) is 2.53. The maximum Gasteiger partial charge on any atom is 0.213 e. The summed E-state index contributed by atoms with van der Waals surface area (Å²) in [6, 6.07) is 6.19. The topological polar surface area (TPSA) is 42.4 Å². The lowest BCUT2D eigenvalue weighted by molar-refractivity contribution is -0.118. The second-order valence-electron chi connectivity index (χ2n) is 4.84. The minimum atomic E-state index is 0.269. The number of ketones is 1. The molecule has 4 nitrogen and oxygen atoms in total. The van der Waals surface area contributed by atoms with E-state index in [1.165, 1.54) is 6.42 Å². The summed E-state index contributed by atoms with van der Waals surface area (Å²) in [7, 11) is 1.63. The van der Waals surface area contributed by atoms with Gasteiger partial charge < -0.3 is 4.74 Å². The SMILES string of the molecule is COc1cccc(CN2CCCC2CC(C)=O)n1. The fourth-order valence-corrected chi connectivity index (χ4v) is 2.53. The van der Waals surface area contributed by atoms with Crippen LogP contribution in [0.25, 0.3) is 0 Å². The molecule has 4 heteroatoms. The minimum Gasteiger partial charge on any atom is -0.481 e. The van der Waals surface area contributed by atoms with Gasteiger partial charge >= 0.3 is 0 Å². The van der Waals surface area contributed by atoms with Crippen molar-refractivity contribution in [3.8, 4) is 5.88 Å². The van der Waals surface area contributed by atoms with E-state index in [1.807, 2.05) is 18.2 Å². The molecule has 0 saturated carbocycles. The van der Waals surface area contributed by atoms with E-state index in [0.29, 0.717) is 18.3 Å². The Bertz CT molecular complexity index is 420. The largest absolute Gasteiger partial charge is 0.481 e. The zero-order chi connectivity index (χ0) is 13.0. The Hall–Kier alpha value is -1.42. The fraction of sp³-hybridized carbons (Fsp3) is 0.571. The molecular formula is C14H20N2O2. The van der Waals surface area contributed by atoms with Gasteiger partial charge in [0.05, 0.1) is 12.8 Å². The van der Waals surface area contributed by atoms with Gasteiger partial charge in [0.2, 0.25) is 5.88 Å². The van der Waals surface area contributed by atoms with Crippen LogP contribution in [-0.2, 0) is 11.3 Å². The number of hydrogen-bond donors (Lipinski definition) is 0. The number of hydrogen-bond acceptors (Lipinski definition) is 4. The summed E-state index contributed by atoms with van der Waals surface area (Å²) in [6.45, 7) is 3.52. The Morgan fingerprint density at radius 3 is 3.11 bits per heavy atom. The normalized spacial score (nSPS) is 20.0. The molecule has 98 valence electrons. The highest BCUT2D eigenvalue weighted by Crippen LogP contribution is 2.22. The molecule has 0 spiro atoms. The van der Waals surface area contributed by atoms with E-state index in [4.69, 9.17) is 4.74 Å². The van der Waals surface area contributed by atoms with Gasteiger partial charge in [0.1, 0.15) is 5.78 Å². The number of methoxy groups -OCH3 is 1. The maximum absolute atomic E-state index is 11.2. The van der Waals surface area contributed by atoms with Crippen molar-refractivity contribution < 1.29 is 9.53 Å². The second-order valence-corrected chi connectivity index (χ2v) is 4.84. The Kier molecular flexibility index (Phi) is 4.31. The number of likely N-dealkylation sites (tertiary alicyclic amines) is 1. The quantitative estimate of drug-likeness (QED) is 0.799. The average molecular weight is 248 g/mol. The molecule has 0 aromatic carbocycles. The van der Waals surface area contributed by atoms with Crippen molar-refractivity contribution in [3.63, 3.8) is 0 Å². The number of nitrogens with zero attached hydrogens (tertiary/aromatic N) is 2. The lowest BCUT2D eigenvalue weighted by atomic mass is 10.1. The molecular weight excluding hydrogens is 228 g/mol. The molecule has 18 heavy (non-hydrogen) atoms. The van der Waals surface area contributed by atoms with Gasteiger partial charge in [-0.2, -0.15) is 0 Å². The maximum atomic E-state index is 11.2. The summed E-state index contributed by atoms with van der Waals surface area (Å²) in [4.78, 5) is 18.0. The zero-order valence-corrected chi connectivity index (χ0v) is 11.1. The third-order valence-corrected chi connectivity index (χ3v) is 3.38. The van der Waals surface area contributed by atoms with Crippen molar-refractivity contribution in [2.45, 2.75) is 38.8 Å². The van der Waals surface area contributed by atoms with Gasteiger partial charge in [-0.25, -0.2) is 4.98 Å². The van der Waals surface area contributed by atoms with Gasteiger partial charge in [0, 0.05) is 25.1 Å². The number of pyridine rings is 1. The first-order chi connectivity index (χ1) is 8.69. The molecule has 0 radical (unpaired) electrons. The third-order valence-electron chi connectivity index (χ3n) is 3.38. The monoisotopic (exact) mass is 248 g/mol. The first kappa shape index (κ1) is 13.0. The first-order valence-corrected chi connectivity index (χ1v) is 6.42. The van der Waals surface area contributed by atoms with Crippen molar-refractivity contribution in [2.24, 2.45) is 0 Å². The highest BCUT2D eigenvalue weighted by molar-refractivity contribution is 5.76. The summed E-state index contributed by atoms with van der Waals surface area (Å²) in [5, 5.41) is 0. The Balaban J connectivity index is 2.00. The van der Waals surface area contributed by atoms with Crippen molar-refractivity contribution in [3.05, 3.63) is 23.9 Å². The number of carbonyl (C=O) groups excluding carboxylic acids is 1. The van der Waals surface area contributed by atoms with E-state index in [1.54, 1.807) is 14.0 Å². The standard InChI is InChI=1S/C14H20N2O2/c1-11(17)9-13-6-4-8-16(13)10-12-5-3-7-14(15-12)18-2/h3,5,7,13H,4,6,8-10H2,1-2H3. The highest BCUT2D eigenvalue weighted by Gasteiger charge is 2.25. The van der Waals surface area contributed by atoms with Crippen LogP contribution in [0.15, 0.2) is 18.2 Å². The summed E-state index contributed by atoms with van der Waals surface area (Å²) in [5.74, 6) is 0.917. The number of ether oxygens (including phenoxy) is 1. The van der Waals surface area contributed by atoms with E-state index >= 15 is 0 Å². The molecule has 0 bridgehead atoms. The molecule has 1 aliphatic heterocycles. The Morgan fingerprint density at radius 1 is 1.56 bits per heavy atom. The molecule has 2 rings (SSSR count). The van der Waals surface area contributed by atoms with Crippen molar-refractivity contribution in [1.29, 1.82) is 0 Å². The number of aromatic nitrogens is 1. The van der Waals surface area contributed by atoms with E-state index in [2.05, 4.69) is 9.88 Å². The Morgan fingerprint density at radius 2 is 2.39 bits per heavy atom. The van der Waals surface area contributed by atoms with Gasteiger partial charge in [-0.05, 0) is 32.4 Å². The predicted molar refractivity (Wildman–Crippen MR) is 69.5 cm³/mol. The van der Waals surface area contributed by atoms with Crippen LogP contribution in [0.4, 0.5) is 0 Å². The molecule has 1 fully saturated rings. The van der Waals surface area contributed by atoms with Crippen molar-refractivity contribution in [1.82, 2.24) is 9.88 Å². The molecule has 1 aromatic heterocycles. The predicted octanol–water partition coefficient (Wildman–Crippen LogP) is 2.03. The molecule has 2 heterocycles. The van der Waals surface area contributed by atoms with Crippen LogP contribution in [0.2, 0.25) is 0 Å². The van der Waals surface area contributed by atoms with Crippen LogP contribution in [0.1, 0.15) is 31.9 Å². The molecule has 0 aliphatic carbocycles. The molecule has 1 saturated heterocycles. The van der Waals surface area contributed by atoms with Gasteiger partial charge in [0.15, 0.2) is 0 Å². The van der Waals surface area contributed by atoms with Crippen LogP contribution in [0.5, 0.6) is 5.88 Å². The van der Waals surface area contributed by atoms with Crippen LogP contribution >= 0.6 is 0 Å². The van der Waals surface area contributed by atoms with E-state index in [0.717, 1.165) is 25.2 Å². The number of rotatable bonds is 5. The Labute approximate surface area is 108 Å². The number of carbonyl (C=O) groups is 1. The summed E-state index contributed by atoms with van der Waals surface area (Å²) < 4.78 is 5.13. The summed E-state index contributed by atoms with van der Waals surface area (Å²) >= 11 is 0. The van der Waals surface area contributed by atoms with Gasteiger partial charge in [-0.15, -0.1) is 0 Å². The van der Waals surface area contributed by atoms with Gasteiger partial charge in [-0.3, -0.25) is 9.69 Å². The van der Waals surface area contributed by atoms with E-state index in [-0.39, 0.29) is 5.78 Å². The van der Waals surface area contributed by atoms with Crippen LogP contribution < -0.4 is 4.74 Å². The van der Waals surface area contributed by atoms with Gasteiger partial charge in [0.25, 0.3) is 0 Å². The summed E-state index contributed by atoms with van der Waals surface area (Å²) in [5.41, 5.74) is 1.00. The van der Waals surface area contributed by atoms with E-state index < -0.39 is 0 Å². The highest BCUT2D eigenvalue weighted by atomic mass is 16.5. The van der Waals surface area contributed by atoms with Gasteiger partial charge in [-0.1, -0.05) is 6.07 Å². The molecule has 0 amide bonds. The molecule has 1 unspecified atom stereocenters. The average Bonchev–Trinajstić information content (AvgIpc) is 2.76. The lowest BCUT2D eigenvalue weighted by Crippen LogP contribution is -2.30. The molecule has 1 aromatic rings. The lowest BCUT2D eigenvalue weighted by Gasteiger charge is -2.23. The van der Waals surface area contributed by atoms with Crippen molar-refractivity contribution >= 4 is 5.78 Å². The zero-order valence-electron chi connectivity index (χ0n) is 11.1. The van der Waals surface area contributed by atoms with Crippen LogP contribution in [0.3, 0.4) is 0 Å². The minimum absolute atomic E-state index is 0.269. The smallest absolute Gasteiger partial charge is 0.213 e. The molecule has 1 aliphatic rings. The van der Waals surface area contributed by atoms with Crippen LogP contribution in [0, 0.1) is 0 Å². The molecule has 1 atom stereocenters. The van der Waals surface area contributed by atoms with Crippen molar-refractivity contribution in [2.75, 3.05) is 13.7 Å². The molecule has 0 N–H and O–H groups in total. The van der Waals surface area contributed by atoms with E-state index in [9.17, 15) is 4.79 Å². The second kappa shape index (κ2) is 5.96.